The first-order valence-electron chi connectivity index (χ1n) is 3.87. The maximum Gasteiger partial charge on any atom is 0.307 e. The molecule has 0 spiro atoms. The van der Waals surface area contributed by atoms with Crippen LogP contribution >= 0.6 is 0 Å². The second-order valence-corrected chi connectivity index (χ2v) is 3.41. The average Bonchev–Trinajstić information content (AvgIpc) is 2.15. The predicted octanol–water partition coefficient (Wildman–Crippen LogP) is 1.43. The molecule has 0 unspecified atom stereocenters. The van der Waals surface area contributed by atoms with Gasteiger partial charge in [0, 0.05) is 13.3 Å². The summed E-state index contributed by atoms with van der Waals surface area (Å²) in [6.45, 7) is 4.86. The molecule has 1 rings (SSSR count). The van der Waals surface area contributed by atoms with E-state index < -0.39 is 5.41 Å². The maximum atomic E-state index is 11.2. The number of ether oxygens (including phenoxy) is 1. The van der Waals surface area contributed by atoms with Crippen molar-refractivity contribution in [2.45, 2.75) is 27.2 Å². The van der Waals surface area contributed by atoms with Gasteiger partial charge in [-0.25, -0.2) is 0 Å². The van der Waals surface area contributed by atoms with E-state index in [0.29, 0.717) is 12.2 Å². The summed E-state index contributed by atoms with van der Waals surface area (Å²) in [5.41, 5.74) is -0.619. The van der Waals surface area contributed by atoms with E-state index >= 15 is 0 Å². The van der Waals surface area contributed by atoms with Crippen molar-refractivity contribution in [3.05, 3.63) is 11.8 Å². The highest BCUT2D eigenvalue weighted by Crippen LogP contribution is 2.35. The maximum absolute atomic E-state index is 11.2. The minimum atomic E-state index is -0.619. The Bertz CT molecular complexity index is 261. The zero-order valence-corrected chi connectivity index (χ0v) is 7.51. The Labute approximate surface area is 71.4 Å². The fourth-order valence-corrected chi connectivity index (χ4v) is 1.16. The van der Waals surface area contributed by atoms with Crippen LogP contribution in [-0.4, -0.2) is 11.8 Å². The van der Waals surface area contributed by atoms with Gasteiger partial charge in [0.25, 0.3) is 0 Å². The van der Waals surface area contributed by atoms with E-state index in [0.717, 1.165) is 0 Å². The van der Waals surface area contributed by atoms with Crippen LogP contribution in [0.5, 0.6) is 0 Å². The molecule has 1 aliphatic carbocycles. The molecule has 0 heterocycles. The highest BCUT2D eigenvalue weighted by atomic mass is 16.5. The lowest BCUT2D eigenvalue weighted by molar-refractivity contribution is -0.139. The first kappa shape index (κ1) is 8.97. The Kier molecular flexibility index (Phi) is 2.04. The highest BCUT2D eigenvalue weighted by molar-refractivity contribution is 5.91. The molecule has 3 nitrogen and oxygen atoms in total. The molecular weight excluding hydrogens is 156 g/mol. The fourth-order valence-electron chi connectivity index (χ4n) is 1.16. The number of allylic oxidation sites excluding steroid dienone is 2. The van der Waals surface area contributed by atoms with Crippen LogP contribution in [-0.2, 0) is 14.3 Å². The van der Waals surface area contributed by atoms with Crippen molar-refractivity contribution in [2.24, 2.45) is 5.41 Å². The molecule has 0 bridgehead atoms. The monoisotopic (exact) mass is 168 g/mol. The molecule has 0 radical (unpaired) electrons. The van der Waals surface area contributed by atoms with Crippen LogP contribution in [0.15, 0.2) is 11.8 Å². The molecule has 0 amide bonds. The summed E-state index contributed by atoms with van der Waals surface area (Å²) >= 11 is 0. The third-order valence-corrected chi connectivity index (χ3v) is 2.04. The van der Waals surface area contributed by atoms with E-state index in [1.54, 1.807) is 19.9 Å². The number of carbonyl (C=O) groups excluding carboxylic acids is 2. The molecule has 12 heavy (non-hydrogen) atoms. The molecule has 0 aromatic carbocycles. The Morgan fingerprint density at radius 1 is 1.58 bits per heavy atom. The topological polar surface area (TPSA) is 43.4 Å². The van der Waals surface area contributed by atoms with Gasteiger partial charge >= 0.3 is 5.97 Å². The number of carbonyl (C=O) groups is 2. The van der Waals surface area contributed by atoms with Crippen LogP contribution in [0.1, 0.15) is 27.2 Å². The Morgan fingerprint density at radius 2 is 2.17 bits per heavy atom. The molecule has 0 aliphatic heterocycles. The number of rotatable bonds is 1. The van der Waals surface area contributed by atoms with Gasteiger partial charge in [0.1, 0.15) is 11.5 Å². The Morgan fingerprint density at radius 3 is 2.50 bits per heavy atom. The minimum absolute atomic E-state index is 0.0961. The van der Waals surface area contributed by atoms with Crippen LogP contribution in [0.4, 0.5) is 0 Å². The largest absolute Gasteiger partial charge is 0.431 e. The van der Waals surface area contributed by atoms with Crippen molar-refractivity contribution in [1.29, 1.82) is 0 Å². The standard InChI is InChI=1S/C9H12O3/c1-6(10)12-8-5-4-7(11)9(8,2)3/h5H,4H2,1-3H3. The van der Waals surface area contributed by atoms with Crippen LogP contribution in [0.3, 0.4) is 0 Å². The van der Waals surface area contributed by atoms with Crippen molar-refractivity contribution in [2.75, 3.05) is 0 Å². The van der Waals surface area contributed by atoms with E-state index in [-0.39, 0.29) is 11.8 Å². The molecule has 3 heteroatoms. The van der Waals surface area contributed by atoms with Crippen molar-refractivity contribution in [3.63, 3.8) is 0 Å². The zero-order chi connectivity index (χ0) is 9.35. The Hall–Kier alpha value is -1.12. The van der Waals surface area contributed by atoms with Crippen molar-refractivity contribution in [1.82, 2.24) is 0 Å². The summed E-state index contributed by atoms with van der Waals surface area (Å²) in [6.07, 6.45) is 2.04. The lowest BCUT2D eigenvalue weighted by Crippen LogP contribution is -2.23. The van der Waals surface area contributed by atoms with Gasteiger partial charge in [0.2, 0.25) is 0 Å². The van der Waals surface area contributed by atoms with Gasteiger partial charge in [-0.3, -0.25) is 9.59 Å². The smallest absolute Gasteiger partial charge is 0.307 e. The van der Waals surface area contributed by atoms with Crippen molar-refractivity contribution >= 4 is 11.8 Å². The summed E-state index contributed by atoms with van der Waals surface area (Å²) in [4.78, 5) is 21.9. The number of Topliss-reactive ketones (excluding diaryl/α,β-unsaturated/α-hetero) is 1. The van der Waals surface area contributed by atoms with Gasteiger partial charge in [-0.15, -0.1) is 0 Å². The summed E-state index contributed by atoms with van der Waals surface area (Å²) in [6, 6.07) is 0. The summed E-state index contributed by atoms with van der Waals surface area (Å²) in [7, 11) is 0. The van der Waals surface area contributed by atoms with Gasteiger partial charge < -0.3 is 4.74 Å². The first-order valence-corrected chi connectivity index (χ1v) is 3.87. The highest BCUT2D eigenvalue weighted by Gasteiger charge is 2.38. The van der Waals surface area contributed by atoms with Crippen molar-refractivity contribution < 1.29 is 14.3 Å². The van der Waals surface area contributed by atoms with Gasteiger partial charge in [-0.1, -0.05) is 0 Å². The molecule has 0 aromatic rings. The van der Waals surface area contributed by atoms with Crippen molar-refractivity contribution in [3.8, 4) is 0 Å². The minimum Gasteiger partial charge on any atom is -0.431 e. The molecule has 0 N–H and O–H groups in total. The van der Waals surface area contributed by atoms with E-state index in [2.05, 4.69) is 0 Å². The third-order valence-electron chi connectivity index (χ3n) is 2.04. The quantitative estimate of drug-likeness (QED) is 0.556. The molecule has 0 atom stereocenters. The molecule has 0 saturated carbocycles. The summed E-state index contributed by atoms with van der Waals surface area (Å²) < 4.78 is 4.90. The average molecular weight is 168 g/mol. The van der Waals surface area contributed by atoms with Gasteiger partial charge in [-0.05, 0) is 19.9 Å². The summed E-state index contributed by atoms with van der Waals surface area (Å²) in [5.74, 6) is 0.211. The second kappa shape index (κ2) is 2.73. The van der Waals surface area contributed by atoms with Gasteiger partial charge in [0.15, 0.2) is 0 Å². The van der Waals surface area contributed by atoms with E-state index in [9.17, 15) is 9.59 Å². The number of hydrogen-bond donors (Lipinski definition) is 0. The lowest BCUT2D eigenvalue weighted by Gasteiger charge is -2.18. The van der Waals surface area contributed by atoms with Crippen LogP contribution in [0, 0.1) is 5.41 Å². The molecule has 0 aromatic heterocycles. The van der Waals surface area contributed by atoms with Gasteiger partial charge in [0.05, 0.1) is 5.41 Å². The van der Waals surface area contributed by atoms with E-state index in [1.165, 1.54) is 6.92 Å². The molecule has 0 saturated heterocycles. The van der Waals surface area contributed by atoms with E-state index in [4.69, 9.17) is 4.74 Å². The first-order chi connectivity index (χ1) is 5.44. The van der Waals surface area contributed by atoms with E-state index in [1.807, 2.05) is 0 Å². The van der Waals surface area contributed by atoms with Gasteiger partial charge in [-0.2, -0.15) is 0 Å². The normalized spacial score (nSPS) is 20.6. The second-order valence-electron chi connectivity index (χ2n) is 3.41. The van der Waals surface area contributed by atoms with Crippen LogP contribution in [0.25, 0.3) is 0 Å². The molecule has 0 fully saturated rings. The van der Waals surface area contributed by atoms with Crippen LogP contribution in [0.2, 0.25) is 0 Å². The SMILES string of the molecule is CC(=O)OC1=CCC(=O)C1(C)C. The third kappa shape index (κ3) is 1.40. The molecule has 66 valence electrons. The number of esters is 1. The van der Waals surface area contributed by atoms with Crippen LogP contribution < -0.4 is 0 Å². The summed E-state index contributed by atoms with van der Waals surface area (Å²) in [5, 5.41) is 0. The zero-order valence-electron chi connectivity index (χ0n) is 7.51. The molecule has 1 aliphatic rings. The predicted molar refractivity (Wildman–Crippen MR) is 43.3 cm³/mol. The Balaban J connectivity index is 2.80. The molecular formula is C9H12O3. The number of hydrogen-bond acceptors (Lipinski definition) is 3. The number of ketones is 1. The lowest BCUT2D eigenvalue weighted by atomic mass is 9.90. The fraction of sp³-hybridized carbons (Fsp3) is 0.556.